The highest BCUT2D eigenvalue weighted by Gasteiger charge is 2.19. The third kappa shape index (κ3) is 4.96. The van der Waals surface area contributed by atoms with Crippen LogP contribution in [-0.4, -0.2) is 78.9 Å². The van der Waals surface area contributed by atoms with Gasteiger partial charge in [-0.05, 0) is 12.8 Å². The molecule has 3 heterocycles. The molecule has 2 fully saturated rings. The lowest BCUT2D eigenvalue weighted by Crippen LogP contribution is -2.40. The van der Waals surface area contributed by atoms with Crippen molar-refractivity contribution in [2.75, 3.05) is 68.2 Å². The number of aromatic nitrogens is 2. The van der Waals surface area contributed by atoms with Gasteiger partial charge in [0.15, 0.2) is 0 Å². The standard InChI is InChI=1S/C16H27N5OS/c1-22-9-6-20-4-2-14(3-5-20)19-15-12-16(18-13-17-15)21-7-10-23-11-8-21/h12-14H,2-11H2,1H3,(H,17,18,19). The van der Waals surface area contributed by atoms with Gasteiger partial charge in [-0.2, -0.15) is 11.8 Å². The molecule has 7 heteroatoms. The number of hydrogen-bond acceptors (Lipinski definition) is 7. The number of rotatable bonds is 6. The monoisotopic (exact) mass is 337 g/mol. The van der Waals surface area contributed by atoms with Crippen molar-refractivity contribution >= 4 is 23.4 Å². The van der Waals surface area contributed by atoms with E-state index in [1.165, 1.54) is 11.5 Å². The normalized spacial score (nSPS) is 20.7. The zero-order chi connectivity index (χ0) is 15.9. The molecule has 2 saturated heterocycles. The number of thioether (sulfide) groups is 1. The molecule has 0 atom stereocenters. The molecule has 0 aliphatic carbocycles. The van der Waals surface area contributed by atoms with Crippen LogP contribution in [-0.2, 0) is 4.74 Å². The highest BCUT2D eigenvalue weighted by Crippen LogP contribution is 2.21. The van der Waals surface area contributed by atoms with Gasteiger partial charge in [0.2, 0.25) is 0 Å². The SMILES string of the molecule is COCCN1CCC(Nc2cc(N3CCSCC3)ncn2)CC1. The summed E-state index contributed by atoms with van der Waals surface area (Å²) in [5.41, 5.74) is 0. The molecule has 0 amide bonds. The first kappa shape index (κ1) is 16.8. The van der Waals surface area contributed by atoms with Crippen LogP contribution in [0.1, 0.15) is 12.8 Å². The molecular formula is C16H27N5OS. The number of hydrogen-bond donors (Lipinski definition) is 1. The largest absolute Gasteiger partial charge is 0.383 e. The third-order valence-corrected chi connectivity index (χ3v) is 5.48. The molecule has 0 unspecified atom stereocenters. The summed E-state index contributed by atoms with van der Waals surface area (Å²) in [4.78, 5) is 13.7. The maximum Gasteiger partial charge on any atom is 0.134 e. The van der Waals surface area contributed by atoms with Crippen LogP contribution in [0.3, 0.4) is 0 Å². The molecule has 0 spiro atoms. The van der Waals surface area contributed by atoms with Gasteiger partial charge in [-0.1, -0.05) is 0 Å². The smallest absolute Gasteiger partial charge is 0.134 e. The summed E-state index contributed by atoms with van der Waals surface area (Å²) in [6.45, 7) is 6.28. The van der Waals surface area contributed by atoms with Gasteiger partial charge in [0.1, 0.15) is 18.0 Å². The minimum absolute atomic E-state index is 0.508. The van der Waals surface area contributed by atoms with Crippen molar-refractivity contribution in [2.45, 2.75) is 18.9 Å². The third-order valence-electron chi connectivity index (χ3n) is 4.54. The van der Waals surface area contributed by atoms with E-state index in [2.05, 4.69) is 31.2 Å². The second-order valence-electron chi connectivity index (χ2n) is 6.11. The van der Waals surface area contributed by atoms with Gasteiger partial charge in [0.25, 0.3) is 0 Å². The van der Waals surface area contributed by atoms with Crippen molar-refractivity contribution in [1.29, 1.82) is 0 Å². The summed E-state index contributed by atoms with van der Waals surface area (Å²) in [7, 11) is 1.77. The van der Waals surface area contributed by atoms with Crippen molar-refractivity contribution in [3.63, 3.8) is 0 Å². The van der Waals surface area contributed by atoms with E-state index in [4.69, 9.17) is 4.74 Å². The summed E-state index contributed by atoms with van der Waals surface area (Å²) in [5, 5.41) is 3.60. The molecule has 3 rings (SSSR count). The summed E-state index contributed by atoms with van der Waals surface area (Å²) in [6.07, 6.45) is 4.00. The van der Waals surface area contributed by atoms with Crippen molar-refractivity contribution in [3.05, 3.63) is 12.4 Å². The van der Waals surface area contributed by atoms with Gasteiger partial charge in [0, 0.05) is 63.4 Å². The Morgan fingerprint density at radius 1 is 1.22 bits per heavy atom. The Bertz CT molecular complexity index is 475. The fourth-order valence-corrected chi connectivity index (χ4v) is 4.02. The Hall–Kier alpha value is -1.05. The Morgan fingerprint density at radius 2 is 2.00 bits per heavy atom. The molecule has 1 N–H and O–H groups in total. The van der Waals surface area contributed by atoms with Gasteiger partial charge >= 0.3 is 0 Å². The zero-order valence-corrected chi connectivity index (χ0v) is 14.7. The Kier molecular flexibility index (Phi) is 6.36. The minimum atomic E-state index is 0.508. The molecule has 6 nitrogen and oxygen atoms in total. The quantitative estimate of drug-likeness (QED) is 0.845. The highest BCUT2D eigenvalue weighted by atomic mass is 32.2. The number of piperidine rings is 1. The average Bonchev–Trinajstić information content (AvgIpc) is 2.62. The molecule has 2 aliphatic heterocycles. The number of nitrogens with zero attached hydrogens (tertiary/aromatic N) is 4. The number of ether oxygens (including phenoxy) is 1. The maximum atomic E-state index is 5.16. The van der Waals surface area contributed by atoms with E-state index in [-0.39, 0.29) is 0 Å². The van der Waals surface area contributed by atoms with Crippen molar-refractivity contribution in [2.24, 2.45) is 0 Å². The molecule has 128 valence electrons. The molecule has 0 radical (unpaired) electrons. The predicted molar refractivity (Wildman–Crippen MR) is 96.5 cm³/mol. The lowest BCUT2D eigenvalue weighted by molar-refractivity contribution is 0.132. The van der Waals surface area contributed by atoms with Gasteiger partial charge < -0.3 is 19.9 Å². The lowest BCUT2D eigenvalue weighted by atomic mass is 10.1. The van der Waals surface area contributed by atoms with Crippen molar-refractivity contribution in [3.8, 4) is 0 Å². The van der Waals surface area contributed by atoms with Gasteiger partial charge in [-0.25, -0.2) is 9.97 Å². The van der Waals surface area contributed by atoms with Crippen LogP contribution in [0.2, 0.25) is 0 Å². The fourth-order valence-electron chi connectivity index (χ4n) is 3.12. The Morgan fingerprint density at radius 3 is 2.74 bits per heavy atom. The fraction of sp³-hybridized carbons (Fsp3) is 0.750. The molecule has 0 bridgehead atoms. The predicted octanol–water partition coefficient (Wildman–Crippen LogP) is 1.55. The molecule has 0 saturated carbocycles. The van der Waals surface area contributed by atoms with E-state index in [9.17, 15) is 0 Å². The maximum absolute atomic E-state index is 5.16. The minimum Gasteiger partial charge on any atom is -0.383 e. The van der Waals surface area contributed by atoms with E-state index in [1.54, 1.807) is 13.4 Å². The number of nitrogens with one attached hydrogen (secondary N) is 1. The van der Waals surface area contributed by atoms with Gasteiger partial charge in [-0.15, -0.1) is 0 Å². The van der Waals surface area contributed by atoms with Crippen LogP contribution in [0, 0.1) is 0 Å². The van der Waals surface area contributed by atoms with Crippen LogP contribution >= 0.6 is 11.8 Å². The van der Waals surface area contributed by atoms with Crippen LogP contribution in [0.25, 0.3) is 0 Å². The second kappa shape index (κ2) is 8.70. The summed E-state index contributed by atoms with van der Waals surface area (Å²) in [5.74, 6) is 4.39. The van der Waals surface area contributed by atoms with Crippen LogP contribution in [0.5, 0.6) is 0 Å². The Labute approximate surface area is 143 Å². The summed E-state index contributed by atoms with van der Waals surface area (Å²) in [6, 6.07) is 2.61. The Balaban J connectivity index is 1.50. The summed E-state index contributed by atoms with van der Waals surface area (Å²) >= 11 is 2.02. The average molecular weight is 337 g/mol. The van der Waals surface area contributed by atoms with Crippen LogP contribution < -0.4 is 10.2 Å². The molecule has 1 aromatic heterocycles. The number of likely N-dealkylation sites (tertiary alicyclic amines) is 1. The number of methoxy groups -OCH3 is 1. The molecule has 23 heavy (non-hydrogen) atoms. The summed E-state index contributed by atoms with van der Waals surface area (Å²) < 4.78 is 5.16. The number of anilines is 2. The molecule has 0 aromatic carbocycles. The molecule has 1 aromatic rings. The highest BCUT2D eigenvalue weighted by molar-refractivity contribution is 7.99. The van der Waals surface area contributed by atoms with E-state index in [1.807, 2.05) is 11.8 Å². The first-order valence-corrected chi connectivity index (χ1v) is 9.63. The first-order valence-electron chi connectivity index (χ1n) is 8.48. The molecular weight excluding hydrogens is 310 g/mol. The topological polar surface area (TPSA) is 53.5 Å². The van der Waals surface area contributed by atoms with Gasteiger partial charge in [0.05, 0.1) is 6.61 Å². The first-order chi connectivity index (χ1) is 11.3. The van der Waals surface area contributed by atoms with E-state index in [0.29, 0.717) is 6.04 Å². The van der Waals surface area contributed by atoms with Crippen molar-refractivity contribution < 1.29 is 4.74 Å². The van der Waals surface area contributed by atoms with Crippen LogP contribution in [0.15, 0.2) is 12.4 Å². The van der Waals surface area contributed by atoms with Crippen LogP contribution in [0.4, 0.5) is 11.6 Å². The van der Waals surface area contributed by atoms with Gasteiger partial charge in [-0.3, -0.25) is 0 Å². The van der Waals surface area contributed by atoms with E-state index >= 15 is 0 Å². The molecule has 2 aliphatic rings. The second-order valence-corrected chi connectivity index (χ2v) is 7.34. The zero-order valence-electron chi connectivity index (χ0n) is 13.9. The van der Waals surface area contributed by atoms with E-state index in [0.717, 1.165) is 63.8 Å². The van der Waals surface area contributed by atoms with E-state index < -0.39 is 0 Å². The lowest BCUT2D eigenvalue weighted by Gasteiger charge is -2.32. The van der Waals surface area contributed by atoms with Crippen molar-refractivity contribution in [1.82, 2.24) is 14.9 Å².